The molecule has 0 bridgehead atoms. The third kappa shape index (κ3) is 9.67. The largest absolute Gasteiger partial charge is 0.496 e. The summed E-state index contributed by atoms with van der Waals surface area (Å²) in [5.74, 6) is -12.2. The molecule has 0 saturated heterocycles. The minimum atomic E-state index is -5.78. The molecule has 17 heteroatoms. The zero-order chi connectivity index (χ0) is 41.4. The zero-order valence-corrected chi connectivity index (χ0v) is 30.7. The normalized spacial score (nSPS) is 12.0. The molecule has 1 unspecified atom stereocenters. The van der Waals surface area contributed by atoms with Crippen molar-refractivity contribution in [2.75, 3.05) is 32.0 Å². The summed E-state index contributed by atoms with van der Waals surface area (Å²) in [4.78, 5) is 40.9. The number of ether oxygens (including phenoxy) is 3. The van der Waals surface area contributed by atoms with Crippen LogP contribution in [0.15, 0.2) is 108 Å². The first-order valence-electron chi connectivity index (χ1n) is 16.4. The standard InChI is InChI=1S/C40H30F7N3O6S/c1-54-27-20-29(56-3)28(55-2)18-23(27)17-26(49-37(51)22-13-8-5-9-14-22)38(52)48-24-15-10-16-25(19-24)57-36(21-11-6-4-7-12-21)39(53)50-35-33(43)31(41)30(40(45,46)47)32(42)34(35)44/h4-20,36H,1-3H3,(H,48,52)(H,49,51)(H,50,53)/b26-17+. The zero-order valence-electron chi connectivity index (χ0n) is 29.9. The fraction of sp³-hybridized carbons (Fsp3) is 0.125. The van der Waals surface area contributed by atoms with E-state index in [0.29, 0.717) is 17.1 Å². The van der Waals surface area contributed by atoms with E-state index in [4.69, 9.17) is 14.2 Å². The molecule has 0 aromatic heterocycles. The van der Waals surface area contributed by atoms with Gasteiger partial charge in [0, 0.05) is 27.8 Å². The number of hydrogen-bond acceptors (Lipinski definition) is 7. The first-order valence-corrected chi connectivity index (χ1v) is 17.3. The van der Waals surface area contributed by atoms with Crippen molar-refractivity contribution >= 4 is 46.9 Å². The van der Waals surface area contributed by atoms with Crippen molar-refractivity contribution in [1.82, 2.24) is 5.32 Å². The second-order valence-electron chi connectivity index (χ2n) is 11.7. The third-order valence-electron chi connectivity index (χ3n) is 8.05. The second kappa shape index (κ2) is 18.0. The number of hydrogen-bond donors (Lipinski definition) is 3. The smallest absolute Gasteiger partial charge is 0.422 e. The molecule has 296 valence electrons. The topological polar surface area (TPSA) is 115 Å². The number of halogens is 7. The van der Waals surface area contributed by atoms with Crippen LogP contribution in [0.2, 0.25) is 0 Å². The Balaban J connectivity index is 1.47. The van der Waals surface area contributed by atoms with Gasteiger partial charge in [0.2, 0.25) is 5.91 Å². The van der Waals surface area contributed by atoms with Gasteiger partial charge < -0.3 is 30.2 Å². The number of benzene rings is 5. The highest BCUT2D eigenvalue weighted by Crippen LogP contribution is 2.41. The van der Waals surface area contributed by atoms with Crippen molar-refractivity contribution in [3.8, 4) is 17.2 Å². The van der Waals surface area contributed by atoms with Crippen LogP contribution in [0.4, 0.5) is 42.1 Å². The molecule has 0 fully saturated rings. The Morgan fingerprint density at radius 1 is 0.684 bits per heavy atom. The average molecular weight is 814 g/mol. The van der Waals surface area contributed by atoms with Crippen LogP contribution in [0.5, 0.6) is 17.2 Å². The van der Waals surface area contributed by atoms with Crippen LogP contribution in [0.1, 0.15) is 32.3 Å². The Labute approximate surface area is 324 Å². The van der Waals surface area contributed by atoms with E-state index in [9.17, 15) is 45.1 Å². The van der Waals surface area contributed by atoms with Crippen molar-refractivity contribution in [3.05, 3.63) is 148 Å². The minimum absolute atomic E-state index is 0.139. The number of amides is 3. The maximum atomic E-state index is 14.8. The number of nitrogens with one attached hydrogen (secondary N) is 3. The molecule has 0 aliphatic heterocycles. The molecule has 0 aliphatic carbocycles. The lowest BCUT2D eigenvalue weighted by atomic mass is 10.1. The maximum absolute atomic E-state index is 14.8. The summed E-state index contributed by atoms with van der Waals surface area (Å²) in [6.45, 7) is 0. The fourth-order valence-electron chi connectivity index (χ4n) is 5.33. The van der Waals surface area contributed by atoms with Gasteiger partial charge in [0.15, 0.2) is 34.8 Å². The van der Waals surface area contributed by atoms with Crippen LogP contribution in [0.25, 0.3) is 6.08 Å². The van der Waals surface area contributed by atoms with Crippen LogP contribution >= 0.6 is 11.8 Å². The molecule has 5 aromatic carbocycles. The van der Waals surface area contributed by atoms with Gasteiger partial charge >= 0.3 is 6.18 Å². The van der Waals surface area contributed by atoms with Gasteiger partial charge in [-0.05, 0) is 48.0 Å². The molecule has 5 aromatic rings. The molecule has 3 N–H and O–H groups in total. The van der Waals surface area contributed by atoms with E-state index in [-0.39, 0.29) is 33.2 Å². The predicted molar refractivity (Wildman–Crippen MR) is 198 cm³/mol. The van der Waals surface area contributed by atoms with Crippen LogP contribution in [-0.4, -0.2) is 39.1 Å². The molecular formula is C40H30F7N3O6S. The third-order valence-corrected chi connectivity index (χ3v) is 9.29. The molecule has 5 rings (SSSR count). The second-order valence-corrected chi connectivity index (χ2v) is 12.9. The monoisotopic (exact) mass is 813 g/mol. The van der Waals surface area contributed by atoms with Gasteiger partial charge in [-0.1, -0.05) is 54.6 Å². The average Bonchev–Trinajstić information content (AvgIpc) is 3.20. The van der Waals surface area contributed by atoms with Gasteiger partial charge in [-0.15, -0.1) is 11.8 Å². The number of anilines is 2. The van der Waals surface area contributed by atoms with Crippen LogP contribution in [-0.2, 0) is 15.8 Å². The summed E-state index contributed by atoms with van der Waals surface area (Å²) in [5, 5.41) is 5.55. The summed E-state index contributed by atoms with van der Waals surface area (Å²) in [5.41, 5.74) is -3.87. The number of carbonyl (C=O) groups is 3. The van der Waals surface area contributed by atoms with Gasteiger partial charge in [0.25, 0.3) is 11.8 Å². The van der Waals surface area contributed by atoms with Gasteiger partial charge in [0.1, 0.15) is 27.9 Å². The first-order chi connectivity index (χ1) is 27.2. The van der Waals surface area contributed by atoms with Crippen molar-refractivity contribution in [1.29, 1.82) is 0 Å². The molecule has 57 heavy (non-hydrogen) atoms. The van der Waals surface area contributed by atoms with Crippen molar-refractivity contribution in [2.45, 2.75) is 16.3 Å². The summed E-state index contributed by atoms with van der Waals surface area (Å²) in [7, 11) is 4.22. The molecule has 9 nitrogen and oxygen atoms in total. The van der Waals surface area contributed by atoms with Crippen LogP contribution in [0.3, 0.4) is 0 Å². The van der Waals surface area contributed by atoms with Gasteiger partial charge in [-0.25, -0.2) is 17.6 Å². The SMILES string of the molecule is COc1cc(OC)c(OC)cc1/C=C(/NC(=O)c1ccccc1)C(=O)Nc1cccc(SC(C(=O)Nc2c(F)c(F)c(C(F)(F)F)c(F)c2F)c2ccccc2)c1. The van der Waals surface area contributed by atoms with Crippen molar-refractivity contribution in [2.24, 2.45) is 0 Å². The molecule has 3 amide bonds. The minimum Gasteiger partial charge on any atom is -0.496 e. The lowest BCUT2D eigenvalue weighted by Crippen LogP contribution is -2.30. The summed E-state index contributed by atoms with van der Waals surface area (Å²) < 4.78 is 114. The van der Waals surface area contributed by atoms with E-state index >= 15 is 0 Å². The number of thioether (sulfide) groups is 1. The molecule has 0 heterocycles. The van der Waals surface area contributed by atoms with E-state index in [0.717, 1.165) is 11.8 Å². The highest BCUT2D eigenvalue weighted by Gasteiger charge is 2.43. The highest BCUT2D eigenvalue weighted by atomic mass is 32.2. The fourth-order valence-corrected chi connectivity index (χ4v) is 6.41. The van der Waals surface area contributed by atoms with Gasteiger partial charge in [-0.2, -0.15) is 13.2 Å². The molecule has 0 saturated carbocycles. The lowest BCUT2D eigenvalue weighted by Gasteiger charge is -2.19. The van der Waals surface area contributed by atoms with Crippen LogP contribution < -0.4 is 30.2 Å². The van der Waals surface area contributed by atoms with Gasteiger partial charge in [0.05, 0.1) is 21.3 Å². The summed E-state index contributed by atoms with van der Waals surface area (Å²) >= 11 is 0.767. The Hall–Kier alpha value is -6.49. The maximum Gasteiger partial charge on any atom is 0.422 e. The van der Waals surface area contributed by atoms with E-state index in [1.807, 2.05) is 0 Å². The lowest BCUT2D eigenvalue weighted by molar-refractivity contribution is -0.143. The molecule has 1 atom stereocenters. The number of carbonyl (C=O) groups excluding carboxylic acids is 3. The van der Waals surface area contributed by atoms with E-state index in [1.165, 1.54) is 100 Å². The summed E-state index contributed by atoms with van der Waals surface area (Å²) in [6.07, 6.45) is -4.43. The van der Waals surface area contributed by atoms with Gasteiger partial charge in [-0.3, -0.25) is 14.4 Å². The Morgan fingerprint density at radius 2 is 1.26 bits per heavy atom. The predicted octanol–water partition coefficient (Wildman–Crippen LogP) is 9.17. The van der Waals surface area contributed by atoms with Crippen molar-refractivity contribution in [3.63, 3.8) is 0 Å². The molecule has 0 spiro atoms. The van der Waals surface area contributed by atoms with Crippen molar-refractivity contribution < 1.29 is 59.3 Å². The quantitative estimate of drug-likeness (QED) is 0.0470. The number of alkyl halides is 3. The summed E-state index contributed by atoms with van der Waals surface area (Å²) in [6, 6.07) is 24.5. The van der Waals surface area contributed by atoms with E-state index < -0.39 is 63.7 Å². The first kappa shape index (κ1) is 41.7. The number of rotatable bonds is 13. The van der Waals surface area contributed by atoms with E-state index in [2.05, 4.69) is 10.6 Å². The van der Waals surface area contributed by atoms with Crippen LogP contribution in [0, 0.1) is 23.3 Å². The highest BCUT2D eigenvalue weighted by molar-refractivity contribution is 8.00. The molecular weight excluding hydrogens is 784 g/mol. The van der Waals surface area contributed by atoms with E-state index in [1.54, 1.807) is 29.6 Å². The molecule has 0 radical (unpaired) electrons. The Kier molecular flexibility index (Phi) is 13.1. The Bertz CT molecular complexity index is 2300. The Morgan fingerprint density at radius 3 is 1.84 bits per heavy atom. The number of methoxy groups -OCH3 is 3. The molecule has 0 aliphatic rings.